The fraction of sp³-hybridized carbons (Fsp3) is 0.600. The molecule has 0 saturated carbocycles. The van der Waals surface area contributed by atoms with Gasteiger partial charge < -0.3 is 4.74 Å². The van der Waals surface area contributed by atoms with Gasteiger partial charge in [0.15, 0.2) is 0 Å². The third kappa shape index (κ3) is 4.98. The predicted octanol–water partition coefficient (Wildman–Crippen LogP) is 4.34. The summed E-state index contributed by atoms with van der Waals surface area (Å²) >= 11 is 0. The summed E-state index contributed by atoms with van der Waals surface area (Å²) < 4.78 is 28.7. The summed E-state index contributed by atoms with van der Waals surface area (Å²) in [6.07, 6.45) is 0.957. The second kappa shape index (κ2) is 6.35. The number of ether oxygens (including phenoxy) is 1. The van der Waals surface area contributed by atoms with Crippen molar-refractivity contribution in [3.05, 3.63) is 23.8 Å². The third-order valence-corrected chi connectivity index (χ3v) is 4.34. The van der Waals surface area contributed by atoms with Crippen molar-refractivity contribution in [2.75, 3.05) is 6.61 Å². The molecule has 0 aliphatic heterocycles. The van der Waals surface area contributed by atoms with Crippen LogP contribution in [0.5, 0.6) is 5.75 Å². The lowest BCUT2D eigenvalue weighted by Crippen LogP contribution is -2.15. The largest absolute Gasteiger partial charge is 0.493 e. The molecule has 0 heterocycles. The highest BCUT2D eigenvalue weighted by molar-refractivity contribution is 8.13. The van der Waals surface area contributed by atoms with Crippen LogP contribution in [-0.2, 0) is 14.5 Å². The van der Waals surface area contributed by atoms with Gasteiger partial charge in [0.2, 0.25) is 0 Å². The first-order valence-electron chi connectivity index (χ1n) is 6.74. The average Bonchev–Trinajstić information content (AvgIpc) is 2.25. The molecule has 0 radical (unpaired) electrons. The van der Waals surface area contributed by atoms with Gasteiger partial charge in [0.1, 0.15) is 5.75 Å². The van der Waals surface area contributed by atoms with Gasteiger partial charge in [0, 0.05) is 16.2 Å². The first kappa shape index (κ1) is 17.3. The van der Waals surface area contributed by atoms with E-state index in [1.165, 1.54) is 6.07 Å². The van der Waals surface area contributed by atoms with E-state index >= 15 is 0 Å². The molecule has 0 bridgehead atoms. The molecule has 1 rings (SSSR count). The number of rotatable bonds is 5. The van der Waals surface area contributed by atoms with Crippen molar-refractivity contribution < 1.29 is 13.2 Å². The van der Waals surface area contributed by atoms with Gasteiger partial charge in [-0.15, -0.1) is 0 Å². The molecule has 1 aromatic rings. The van der Waals surface area contributed by atoms with E-state index in [0.717, 1.165) is 17.7 Å². The van der Waals surface area contributed by atoms with Gasteiger partial charge in [-0.2, -0.15) is 0 Å². The van der Waals surface area contributed by atoms with Crippen LogP contribution in [0.3, 0.4) is 0 Å². The minimum absolute atomic E-state index is 0.111. The lowest BCUT2D eigenvalue weighted by Gasteiger charge is -2.23. The molecule has 20 heavy (non-hydrogen) atoms. The second-order valence-electron chi connectivity index (χ2n) is 6.38. The van der Waals surface area contributed by atoms with E-state index in [2.05, 4.69) is 13.8 Å². The number of halogens is 1. The second-order valence-corrected chi connectivity index (χ2v) is 8.94. The summed E-state index contributed by atoms with van der Waals surface area (Å²) in [7, 11) is 1.69. The van der Waals surface area contributed by atoms with Gasteiger partial charge >= 0.3 is 0 Å². The predicted molar refractivity (Wildman–Crippen MR) is 83.1 cm³/mol. The lowest BCUT2D eigenvalue weighted by atomic mass is 9.86. The van der Waals surface area contributed by atoms with Crippen LogP contribution in [0.2, 0.25) is 0 Å². The van der Waals surface area contributed by atoms with Crippen LogP contribution in [0.25, 0.3) is 0 Å². The molecule has 3 nitrogen and oxygen atoms in total. The Morgan fingerprint density at radius 3 is 2.30 bits per heavy atom. The summed E-state index contributed by atoms with van der Waals surface area (Å²) in [5.74, 6) is 1.29. The summed E-state index contributed by atoms with van der Waals surface area (Å²) in [6.45, 7) is 10.9. The molecule has 0 aliphatic rings. The maximum Gasteiger partial charge on any atom is 0.261 e. The van der Waals surface area contributed by atoms with Crippen molar-refractivity contribution in [3.63, 3.8) is 0 Å². The van der Waals surface area contributed by atoms with Crippen molar-refractivity contribution in [2.45, 2.75) is 51.3 Å². The number of benzene rings is 1. The van der Waals surface area contributed by atoms with Crippen molar-refractivity contribution >= 4 is 19.7 Å². The molecule has 0 aliphatic carbocycles. The first-order chi connectivity index (χ1) is 9.01. The highest BCUT2D eigenvalue weighted by atomic mass is 35.7. The fourth-order valence-electron chi connectivity index (χ4n) is 1.78. The molecular weight excluding hydrogens is 296 g/mol. The third-order valence-electron chi connectivity index (χ3n) is 2.99. The van der Waals surface area contributed by atoms with E-state index in [1.54, 1.807) is 12.1 Å². The molecule has 0 aromatic heterocycles. The minimum Gasteiger partial charge on any atom is -0.493 e. The molecule has 5 heteroatoms. The van der Waals surface area contributed by atoms with Crippen molar-refractivity contribution in [3.8, 4) is 5.75 Å². The Balaban J connectivity index is 3.12. The Morgan fingerprint density at radius 2 is 1.85 bits per heavy atom. The highest BCUT2D eigenvalue weighted by Crippen LogP contribution is 2.34. The average molecular weight is 319 g/mol. The standard InChI is InChI=1S/C15H23ClO3S/c1-11(2)8-9-19-14-7-6-12(20(16,17)18)10-13(14)15(3,4)5/h6-7,10-11H,8-9H2,1-5H3. The Hall–Kier alpha value is -0.740. The van der Waals surface area contributed by atoms with Crippen molar-refractivity contribution in [1.29, 1.82) is 0 Å². The van der Waals surface area contributed by atoms with Gasteiger partial charge in [0.25, 0.3) is 9.05 Å². The zero-order chi connectivity index (χ0) is 15.6. The highest BCUT2D eigenvalue weighted by Gasteiger charge is 2.22. The fourth-order valence-corrected chi connectivity index (χ4v) is 2.55. The molecular formula is C15H23ClO3S. The molecule has 0 atom stereocenters. The molecule has 0 unspecified atom stereocenters. The van der Waals surface area contributed by atoms with Gasteiger partial charge in [-0.3, -0.25) is 0 Å². The monoisotopic (exact) mass is 318 g/mol. The van der Waals surface area contributed by atoms with Crippen molar-refractivity contribution in [2.24, 2.45) is 5.92 Å². The smallest absolute Gasteiger partial charge is 0.261 e. The maximum absolute atomic E-state index is 11.5. The zero-order valence-corrected chi connectivity index (χ0v) is 14.3. The van der Waals surface area contributed by atoms with E-state index < -0.39 is 9.05 Å². The van der Waals surface area contributed by atoms with Gasteiger partial charge in [-0.05, 0) is 36.0 Å². The molecule has 1 aromatic carbocycles. The Morgan fingerprint density at radius 1 is 1.25 bits per heavy atom. The van der Waals surface area contributed by atoms with Crippen LogP contribution in [0.4, 0.5) is 0 Å². The summed E-state index contributed by atoms with van der Waals surface area (Å²) in [5.41, 5.74) is 0.632. The SMILES string of the molecule is CC(C)CCOc1ccc(S(=O)(=O)Cl)cc1C(C)(C)C. The molecule has 0 amide bonds. The van der Waals surface area contributed by atoms with Crippen LogP contribution in [-0.4, -0.2) is 15.0 Å². The Labute approximate surface area is 126 Å². The quantitative estimate of drug-likeness (QED) is 0.759. The number of hydrogen-bond donors (Lipinski definition) is 0. The van der Waals surface area contributed by atoms with E-state index in [9.17, 15) is 8.42 Å². The molecule has 114 valence electrons. The maximum atomic E-state index is 11.5. The first-order valence-corrected chi connectivity index (χ1v) is 9.04. The van der Waals surface area contributed by atoms with E-state index in [1.807, 2.05) is 20.8 Å². The van der Waals surface area contributed by atoms with Crippen LogP contribution < -0.4 is 4.74 Å². The lowest BCUT2D eigenvalue weighted by molar-refractivity contribution is 0.282. The molecule has 0 fully saturated rings. The normalized spacial score (nSPS) is 12.8. The molecule has 0 saturated heterocycles. The van der Waals surface area contributed by atoms with E-state index in [-0.39, 0.29) is 10.3 Å². The van der Waals surface area contributed by atoms with Gasteiger partial charge in [-0.1, -0.05) is 34.6 Å². The Bertz CT molecular complexity index is 557. The van der Waals surface area contributed by atoms with Crippen LogP contribution in [0.15, 0.2) is 23.1 Å². The van der Waals surface area contributed by atoms with Crippen molar-refractivity contribution in [1.82, 2.24) is 0 Å². The van der Waals surface area contributed by atoms with Crippen LogP contribution in [0.1, 0.15) is 46.6 Å². The van der Waals surface area contributed by atoms with E-state index in [4.69, 9.17) is 15.4 Å². The van der Waals surface area contributed by atoms with Gasteiger partial charge in [-0.25, -0.2) is 8.42 Å². The molecule has 0 spiro atoms. The van der Waals surface area contributed by atoms with Crippen LogP contribution >= 0.6 is 10.7 Å². The van der Waals surface area contributed by atoms with Gasteiger partial charge in [0.05, 0.1) is 11.5 Å². The molecule has 0 N–H and O–H groups in total. The summed E-state index contributed by atoms with van der Waals surface area (Å²) in [6, 6.07) is 4.78. The summed E-state index contributed by atoms with van der Waals surface area (Å²) in [4.78, 5) is 0.111. The van der Waals surface area contributed by atoms with E-state index in [0.29, 0.717) is 12.5 Å². The zero-order valence-electron chi connectivity index (χ0n) is 12.7. The van der Waals surface area contributed by atoms with Crippen LogP contribution in [0, 0.1) is 5.92 Å². The Kier molecular flexibility index (Phi) is 5.50. The number of hydrogen-bond acceptors (Lipinski definition) is 3. The minimum atomic E-state index is -3.72. The summed E-state index contributed by atoms with van der Waals surface area (Å²) in [5, 5.41) is 0. The topological polar surface area (TPSA) is 43.4 Å².